The summed E-state index contributed by atoms with van der Waals surface area (Å²) < 4.78 is 0. The molecule has 1 aromatic rings. The summed E-state index contributed by atoms with van der Waals surface area (Å²) in [5.41, 5.74) is 1.48. The molecule has 1 aliphatic rings. The molecule has 0 radical (unpaired) electrons. The first-order valence-corrected chi connectivity index (χ1v) is 6.13. The summed E-state index contributed by atoms with van der Waals surface area (Å²) in [5.74, 6) is 1.50. The van der Waals surface area contributed by atoms with Crippen LogP contribution in [0.15, 0.2) is 42.5 Å². The summed E-state index contributed by atoms with van der Waals surface area (Å²) in [6.07, 6.45) is 10.2. The van der Waals surface area contributed by atoms with Crippen molar-refractivity contribution in [3.05, 3.63) is 48.0 Å². The van der Waals surface area contributed by atoms with Crippen LogP contribution in [-0.2, 0) is 0 Å². The Morgan fingerprint density at radius 3 is 2.67 bits per heavy atom. The number of rotatable bonds is 4. The van der Waals surface area contributed by atoms with E-state index in [1.807, 2.05) is 0 Å². The standard InChI is InChI=1S/C15H20/c1-2-3-7-13-10-11-15(12-13)14-8-5-4-6-9-14/h4-6,8-11,13,15H,2-3,7,12H2,1H3/t13-,15-/m1/s1. The number of unbranched alkanes of at least 4 members (excludes halogenated alkanes) is 1. The molecule has 0 bridgehead atoms. The summed E-state index contributed by atoms with van der Waals surface area (Å²) in [6.45, 7) is 2.27. The van der Waals surface area contributed by atoms with Crippen LogP contribution in [0.4, 0.5) is 0 Å². The SMILES string of the molecule is CCCC[C@@H]1C=C[C@@H](c2ccccc2)C1. The Labute approximate surface area is 93.0 Å². The highest BCUT2D eigenvalue weighted by atomic mass is 14.2. The van der Waals surface area contributed by atoms with Gasteiger partial charge in [-0.1, -0.05) is 62.2 Å². The molecule has 0 unspecified atom stereocenters. The smallest absolute Gasteiger partial charge is 0.00236 e. The molecule has 0 heteroatoms. The Hall–Kier alpha value is -1.04. The minimum absolute atomic E-state index is 0.674. The van der Waals surface area contributed by atoms with E-state index in [2.05, 4.69) is 49.4 Å². The molecule has 15 heavy (non-hydrogen) atoms. The maximum atomic E-state index is 2.42. The summed E-state index contributed by atoms with van der Waals surface area (Å²) in [7, 11) is 0. The second kappa shape index (κ2) is 5.16. The first-order chi connectivity index (χ1) is 7.40. The van der Waals surface area contributed by atoms with Crippen molar-refractivity contribution in [2.75, 3.05) is 0 Å². The molecule has 1 aliphatic carbocycles. The van der Waals surface area contributed by atoms with Gasteiger partial charge in [0.2, 0.25) is 0 Å². The Balaban J connectivity index is 1.91. The van der Waals surface area contributed by atoms with E-state index in [-0.39, 0.29) is 0 Å². The van der Waals surface area contributed by atoms with E-state index in [1.165, 1.54) is 31.2 Å². The van der Waals surface area contributed by atoms with Crippen LogP contribution < -0.4 is 0 Å². The van der Waals surface area contributed by atoms with Crippen LogP contribution in [0, 0.1) is 5.92 Å². The molecule has 80 valence electrons. The highest BCUT2D eigenvalue weighted by Gasteiger charge is 2.19. The fourth-order valence-corrected chi connectivity index (χ4v) is 2.40. The third-order valence-electron chi connectivity index (χ3n) is 3.33. The number of hydrogen-bond donors (Lipinski definition) is 0. The molecule has 2 atom stereocenters. The first-order valence-electron chi connectivity index (χ1n) is 6.13. The summed E-state index contributed by atoms with van der Waals surface area (Å²) >= 11 is 0. The Morgan fingerprint density at radius 1 is 1.13 bits per heavy atom. The third kappa shape index (κ3) is 2.71. The van der Waals surface area contributed by atoms with Crippen molar-refractivity contribution in [1.82, 2.24) is 0 Å². The number of benzene rings is 1. The van der Waals surface area contributed by atoms with Crippen molar-refractivity contribution in [3.63, 3.8) is 0 Å². The lowest BCUT2D eigenvalue weighted by atomic mass is 9.93. The minimum Gasteiger partial charge on any atom is -0.0848 e. The van der Waals surface area contributed by atoms with Crippen LogP contribution >= 0.6 is 0 Å². The number of hydrogen-bond acceptors (Lipinski definition) is 0. The largest absolute Gasteiger partial charge is 0.0848 e. The van der Waals surface area contributed by atoms with Crippen LogP contribution in [0.25, 0.3) is 0 Å². The van der Waals surface area contributed by atoms with Gasteiger partial charge < -0.3 is 0 Å². The lowest BCUT2D eigenvalue weighted by Crippen LogP contribution is -1.97. The van der Waals surface area contributed by atoms with Crippen molar-refractivity contribution in [3.8, 4) is 0 Å². The predicted octanol–water partition coefficient (Wildman–Crippen LogP) is 4.54. The zero-order valence-electron chi connectivity index (χ0n) is 9.52. The molecule has 0 saturated carbocycles. The highest BCUT2D eigenvalue weighted by Crippen LogP contribution is 2.34. The quantitative estimate of drug-likeness (QED) is 0.626. The van der Waals surface area contributed by atoms with Gasteiger partial charge in [-0.15, -0.1) is 0 Å². The molecule has 1 aromatic carbocycles. The highest BCUT2D eigenvalue weighted by molar-refractivity contribution is 5.26. The molecular formula is C15H20. The molecule has 0 amide bonds. The molecule has 0 saturated heterocycles. The maximum absolute atomic E-state index is 2.42. The Bertz CT molecular complexity index is 310. The van der Waals surface area contributed by atoms with Gasteiger partial charge in [-0.25, -0.2) is 0 Å². The molecule has 0 heterocycles. The predicted molar refractivity (Wildman–Crippen MR) is 66.0 cm³/mol. The molecule has 0 spiro atoms. The van der Waals surface area contributed by atoms with Gasteiger partial charge in [-0.2, -0.15) is 0 Å². The average Bonchev–Trinajstić information content (AvgIpc) is 2.76. The second-order valence-corrected chi connectivity index (χ2v) is 4.54. The van der Waals surface area contributed by atoms with Gasteiger partial charge in [0, 0.05) is 5.92 Å². The van der Waals surface area contributed by atoms with Crippen LogP contribution in [0.2, 0.25) is 0 Å². The molecule has 0 aromatic heterocycles. The van der Waals surface area contributed by atoms with E-state index in [9.17, 15) is 0 Å². The van der Waals surface area contributed by atoms with Gasteiger partial charge in [-0.05, 0) is 24.3 Å². The molecule has 0 aliphatic heterocycles. The van der Waals surface area contributed by atoms with Gasteiger partial charge in [0.1, 0.15) is 0 Å². The van der Waals surface area contributed by atoms with Crippen LogP contribution in [0.1, 0.15) is 44.1 Å². The van der Waals surface area contributed by atoms with Crippen molar-refractivity contribution in [1.29, 1.82) is 0 Å². The molecule has 2 rings (SSSR count). The molecule has 0 fully saturated rings. The topological polar surface area (TPSA) is 0 Å². The van der Waals surface area contributed by atoms with E-state index in [0.29, 0.717) is 5.92 Å². The van der Waals surface area contributed by atoms with Gasteiger partial charge >= 0.3 is 0 Å². The number of allylic oxidation sites excluding steroid dienone is 2. The summed E-state index contributed by atoms with van der Waals surface area (Å²) in [6, 6.07) is 10.9. The fraction of sp³-hybridized carbons (Fsp3) is 0.467. The molecule has 0 N–H and O–H groups in total. The van der Waals surface area contributed by atoms with E-state index in [1.54, 1.807) is 0 Å². The lowest BCUT2D eigenvalue weighted by molar-refractivity contribution is 0.525. The van der Waals surface area contributed by atoms with E-state index < -0.39 is 0 Å². The first kappa shape index (κ1) is 10.5. The maximum Gasteiger partial charge on any atom is 0.00236 e. The second-order valence-electron chi connectivity index (χ2n) is 4.54. The van der Waals surface area contributed by atoms with Crippen LogP contribution in [0.5, 0.6) is 0 Å². The summed E-state index contributed by atoms with van der Waals surface area (Å²) in [4.78, 5) is 0. The molecule has 0 nitrogen and oxygen atoms in total. The lowest BCUT2D eigenvalue weighted by Gasteiger charge is -2.11. The average molecular weight is 200 g/mol. The van der Waals surface area contributed by atoms with Gasteiger partial charge in [0.15, 0.2) is 0 Å². The normalized spacial score (nSPS) is 24.6. The Kier molecular flexibility index (Phi) is 3.60. The van der Waals surface area contributed by atoms with Crippen molar-refractivity contribution >= 4 is 0 Å². The zero-order valence-corrected chi connectivity index (χ0v) is 9.52. The minimum atomic E-state index is 0.674. The van der Waals surface area contributed by atoms with Crippen LogP contribution in [-0.4, -0.2) is 0 Å². The van der Waals surface area contributed by atoms with Crippen molar-refractivity contribution < 1.29 is 0 Å². The van der Waals surface area contributed by atoms with Gasteiger partial charge in [-0.3, -0.25) is 0 Å². The van der Waals surface area contributed by atoms with E-state index in [4.69, 9.17) is 0 Å². The van der Waals surface area contributed by atoms with Crippen molar-refractivity contribution in [2.24, 2.45) is 5.92 Å². The van der Waals surface area contributed by atoms with E-state index in [0.717, 1.165) is 5.92 Å². The monoisotopic (exact) mass is 200 g/mol. The van der Waals surface area contributed by atoms with Crippen LogP contribution in [0.3, 0.4) is 0 Å². The van der Waals surface area contributed by atoms with E-state index >= 15 is 0 Å². The van der Waals surface area contributed by atoms with Gasteiger partial charge in [0.05, 0.1) is 0 Å². The molecular weight excluding hydrogens is 180 g/mol. The Morgan fingerprint density at radius 2 is 1.93 bits per heavy atom. The van der Waals surface area contributed by atoms with Crippen molar-refractivity contribution in [2.45, 2.75) is 38.5 Å². The fourth-order valence-electron chi connectivity index (χ4n) is 2.40. The third-order valence-corrected chi connectivity index (χ3v) is 3.33. The van der Waals surface area contributed by atoms with Gasteiger partial charge in [0.25, 0.3) is 0 Å². The zero-order chi connectivity index (χ0) is 10.5. The summed E-state index contributed by atoms with van der Waals surface area (Å²) in [5, 5.41) is 0.